The number of carboxylic acid groups (broad SMARTS) is 1. The number of allylic oxidation sites excluding steroid dienone is 2. The SMILES string of the molecule is C/C(=C\C(=O)OCCCC/C=C/CCC(=O)[O-])C[C@@H]1OC[C@H](C[C@@H]2O[C@H]2[C@@H](C)[C@H](C)O)[C@@H](O)[C@H]1O.[Na+]. The van der Waals surface area contributed by atoms with Crippen LogP contribution in [-0.2, 0) is 23.8 Å². The second-order valence-corrected chi connectivity index (χ2v) is 9.83. The van der Waals surface area contributed by atoms with Gasteiger partial charge in [0.15, 0.2) is 0 Å². The first kappa shape index (κ1) is 33.2. The number of ether oxygens (including phenoxy) is 3. The van der Waals surface area contributed by atoms with Crippen molar-refractivity contribution in [2.75, 3.05) is 13.2 Å². The third kappa shape index (κ3) is 11.7. The zero-order valence-electron chi connectivity index (χ0n) is 22.0. The number of carbonyl (C=O) groups is 2. The van der Waals surface area contributed by atoms with Crippen molar-refractivity contribution in [3.8, 4) is 0 Å². The average Bonchev–Trinajstić information content (AvgIpc) is 3.55. The third-order valence-corrected chi connectivity index (χ3v) is 6.75. The molecule has 0 aliphatic carbocycles. The monoisotopic (exact) mass is 520 g/mol. The van der Waals surface area contributed by atoms with E-state index in [4.69, 9.17) is 14.2 Å². The van der Waals surface area contributed by atoms with Crippen LogP contribution in [0.2, 0.25) is 0 Å². The molecule has 0 aromatic heterocycles. The van der Waals surface area contributed by atoms with Crippen molar-refractivity contribution in [2.24, 2.45) is 11.8 Å². The third-order valence-electron chi connectivity index (χ3n) is 6.75. The van der Waals surface area contributed by atoms with Crippen LogP contribution in [0.1, 0.15) is 65.7 Å². The van der Waals surface area contributed by atoms with E-state index in [-0.39, 0.29) is 73.2 Å². The molecule has 0 radical (unpaired) electrons. The molecule has 9 nitrogen and oxygen atoms in total. The number of aliphatic hydroxyl groups excluding tert-OH is 3. The molecule has 200 valence electrons. The van der Waals surface area contributed by atoms with E-state index in [1.165, 1.54) is 6.08 Å². The predicted octanol–water partition coefficient (Wildman–Crippen LogP) is -1.96. The molecule has 2 heterocycles. The Morgan fingerprint density at radius 3 is 2.47 bits per heavy atom. The summed E-state index contributed by atoms with van der Waals surface area (Å²) >= 11 is 0. The molecule has 3 N–H and O–H groups in total. The molecule has 2 saturated heterocycles. The molecule has 2 aliphatic rings. The number of hydrogen-bond acceptors (Lipinski definition) is 9. The van der Waals surface area contributed by atoms with Gasteiger partial charge >= 0.3 is 35.5 Å². The molecule has 2 rings (SSSR count). The zero-order chi connectivity index (χ0) is 26.0. The Labute approximate surface area is 236 Å². The van der Waals surface area contributed by atoms with Gasteiger partial charge < -0.3 is 39.4 Å². The van der Waals surface area contributed by atoms with Gasteiger partial charge in [0.05, 0.1) is 43.7 Å². The largest absolute Gasteiger partial charge is 1.00 e. The summed E-state index contributed by atoms with van der Waals surface area (Å²) in [6.45, 7) is 5.99. The van der Waals surface area contributed by atoms with Crippen molar-refractivity contribution in [1.82, 2.24) is 0 Å². The van der Waals surface area contributed by atoms with E-state index >= 15 is 0 Å². The molecule has 8 atom stereocenters. The molecular formula is C26H41NaO9. The van der Waals surface area contributed by atoms with Crippen LogP contribution >= 0.6 is 0 Å². The van der Waals surface area contributed by atoms with Gasteiger partial charge in [-0.2, -0.15) is 0 Å². The van der Waals surface area contributed by atoms with Gasteiger partial charge in [0.25, 0.3) is 0 Å². The van der Waals surface area contributed by atoms with E-state index in [0.717, 1.165) is 12.8 Å². The number of aliphatic carboxylic acids is 1. The van der Waals surface area contributed by atoms with Crippen molar-refractivity contribution in [3.05, 3.63) is 23.8 Å². The van der Waals surface area contributed by atoms with Crippen LogP contribution in [0.5, 0.6) is 0 Å². The number of carboxylic acids is 1. The minimum atomic E-state index is -1.07. The van der Waals surface area contributed by atoms with E-state index in [1.54, 1.807) is 13.8 Å². The van der Waals surface area contributed by atoms with Gasteiger partial charge in [-0.1, -0.05) is 24.6 Å². The van der Waals surface area contributed by atoms with E-state index in [9.17, 15) is 30.0 Å². The Morgan fingerprint density at radius 2 is 1.81 bits per heavy atom. The normalized spacial score (nSPS) is 29.9. The number of esters is 1. The summed E-state index contributed by atoms with van der Waals surface area (Å²) in [6, 6.07) is 0. The summed E-state index contributed by atoms with van der Waals surface area (Å²) in [5.74, 6) is -1.76. The van der Waals surface area contributed by atoms with Crippen molar-refractivity contribution < 1.29 is 73.8 Å². The van der Waals surface area contributed by atoms with Gasteiger partial charge in [0.2, 0.25) is 0 Å². The van der Waals surface area contributed by atoms with Gasteiger partial charge in [-0.25, -0.2) is 4.79 Å². The fraction of sp³-hybridized carbons (Fsp3) is 0.769. The minimum Gasteiger partial charge on any atom is -0.550 e. The molecule has 0 amide bonds. The summed E-state index contributed by atoms with van der Waals surface area (Å²) in [4.78, 5) is 22.3. The van der Waals surface area contributed by atoms with Gasteiger partial charge in [0.1, 0.15) is 6.10 Å². The molecule has 0 aromatic carbocycles. The molecule has 10 heteroatoms. The van der Waals surface area contributed by atoms with Crippen LogP contribution in [0.15, 0.2) is 23.8 Å². The molecule has 36 heavy (non-hydrogen) atoms. The Bertz CT molecular complexity index is 739. The Balaban J connectivity index is 0.00000648. The van der Waals surface area contributed by atoms with Crippen LogP contribution < -0.4 is 34.7 Å². The Morgan fingerprint density at radius 1 is 1.11 bits per heavy atom. The summed E-state index contributed by atoms with van der Waals surface area (Å²) in [5.41, 5.74) is 0.692. The van der Waals surface area contributed by atoms with Crippen molar-refractivity contribution in [1.29, 1.82) is 0 Å². The first-order valence-electron chi connectivity index (χ1n) is 12.6. The van der Waals surface area contributed by atoms with Gasteiger partial charge in [-0.05, 0) is 58.8 Å². The summed E-state index contributed by atoms with van der Waals surface area (Å²) < 4.78 is 16.7. The summed E-state index contributed by atoms with van der Waals surface area (Å²) in [7, 11) is 0. The quantitative estimate of drug-likeness (QED) is 0.0559. The van der Waals surface area contributed by atoms with E-state index in [2.05, 4.69) is 0 Å². The number of carbonyl (C=O) groups excluding carboxylic acids is 2. The van der Waals surface area contributed by atoms with E-state index in [1.807, 2.05) is 19.1 Å². The minimum absolute atomic E-state index is 0. The Hall–Kier alpha value is -0.780. The number of unbranched alkanes of at least 4 members (excludes halogenated alkanes) is 2. The topological polar surface area (TPSA) is 149 Å². The number of epoxide rings is 1. The maximum atomic E-state index is 12.0. The van der Waals surface area contributed by atoms with E-state index in [0.29, 0.717) is 31.3 Å². The maximum Gasteiger partial charge on any atom is 1.00 e. The number of aliphatic hydroxyl groups is 3. The molecule has 0 spiro atoms. The smallest absolute Gasteiger partial charge is 0.550 e. The number of hydrogen-bond donors (Lipinski definition) is 3. The molecular weight excluding hydrogens is 479 g/mol. The fourth-order valence-electron chi connectivity index (χ4n) is 4.30. The molecule has 0 aromatic rings. The summed E-state index contributed by atoms with van der Waals surface area (Å²) in [6.07, 6.45) is 5.56. The van der Waals surface area contributed by atoms with Crippen LogP contribution in [-0.4, -0.2) is 77.1 Å². The van der Waals surface area contributed by atoms with Gasteiger partial charge in [-0.15, -0.1) is 0 Å². The number of rotatable bonds is 15. The van der Waals surface area contributed by atoms with Crippen LogP contribution in [0.3, 0.4) is 0 Å². The molecule has 0 unspecified atom stereocenters. The van der Waals surface area contributed by atoms with Crippen LogP contribution in [0, 0.1) is 11.8 Å². The molecule has 2 fully saturated rings. The van der Waals surface area contributed by atoms with Gasteiger partial charge in [-0.3, -0.25) is 0 Å². The van der Waals surface area contributed by atoms with Gasteiger partial charge in [0, 0.05) is 23.9 Å². The fourth-order valence-corrected chi connectivity index (χ4v) is 4.30. The Kier molecular flexibility index (Phi) is 15.6. The van der Waals surface area contributed by atoms with Crippen LogP contribution in [0.4, 0.5) is 0 Å². The van der Waals surface area contributed by atoms with E-state index < -0.39 is 36.4 Å². The first-order valence-corrected chi connectivity index (χ1v) is 12.6. The second-order valence-electron chi connectivity index (χ2n) is 9.83. The zero-order valence-corrected chi connectivity index (χ0v) is 24.0. The molecule has 0 saturated carbocycles. The van der Waals surface area contributed by atoms with Crippen LogP contribution in [0.25, 0.3) is 0 Å². The average molecular weight is 521 g/mol. The standard InChI is InChI=1S/C26H42O9.Na/c1-16(13-23(30)33-11-9-7-5-4-6-8-10-22(28)29)12-20-25(32)24(31)19(15-34-20)14-21-26(35-21)17(2)18(3)27;/h4,6,13,17-21,24-27,31-32H,5,7-12,14-15H2,1-3H3,(H,28,29);/q;+1/p-1/b6-4+,16-13+;/t17-,18-,19-,20-,21-,24+,25-,26-;/m0./s1. The maximum absolute atomic E-state index is 12.0. The predicted molar refractivity (Wildman–Crippen MR) is 126 cm³/mol. The van der Waals surface area contributed by atoms with Crippen molar-refractivity contribution >= 4 is 11.9 Å². The molecule has 2 aliphatic heterocycles. The van der Waals surface area contributed by atoms with Crippen molar-refractivity contribution in [3.63, 3.8) is 0 Å². The van der Waals surface area contributed by atoms with Crippen molar-refractivity contribution in [2.45, 2.75) is 102 Å². The summed E-state index contributed by atoms with van der Waals surface area (Å²) in [5, 5.41) is 41.2. The molecule has 0 bridgehead atoms. The second kappa shape index (κ2) is 16.9. The first-order chi connectivity index (χ1) is 16.6.